The van der Waals surface area contributed by atoms with E-state index in [1.807, 2.05) is 24.3 Å². The molecule has 0 amide bonds. The van der Waals surface area contributed by atoms with Crippen LogP contribution >= 0.6 is 0 Å². The maximum atomic E-state index is 11.4. The third kappa shape index (κ3) is 3.18. The van der Waals surface area contributed by atoms with Crippen LogP contribution in [-0.4, -0.2) is 21.8 Å². The smallest absolute Gasteiger partial charge is 0.175 e. The number of hydrogen-bond acceptors (Lipinski definition) is 4. The molecule has 2 rings (SSSR count). The lowest BCUT2D eigenvalue weighted by molar-refractivity contribution is 0.414. The summed E-state index contributed by atoms with van der Waals surface area (Å²) in [4.78, 5) is 0.295. The molecule has 0 bridgehead atoms. The third-order valence-corrected chi connectivity index (χ3v) is 4.27. The van der Waals surface area contributed by atoms with E-state index in [9.17, 15) is 8.42 Å². The largest absolute Gasteiger partial charge is 0.497 e. The molecule has 0 radical (unpaired) electrons. The van der Waals surface area contributed by atoms with Gasteiger partial charge < -0.3 is 10.5 Å². The molecule has 1 unspecified atom stereocenters. The van der Waals surface area contributed by atoms with E-state index >= 15 is 0 Å². The average molecular weight is 291 g/mol. The number of rotatable bonds is 4. The van der Waals surface area contributed by atoms with E-state index in [4.69, 9.17) is 10.5 Å². The van der Waals surface area contributed by atoms with Gasteiger partial charge in [-0.3, -0.25) is 0 Å². The normalized spacial score (nSPS) is 12.9. The molecule has 106 valence electrons. The molecule has 20 heavy (non-hydrogen) atoms. The zero-order chi connectivity index (χ0) is 14.8. The minimum atomic E-state index is -3.18. The van der Waals surface area contributed by atoms with Crippen LogP contribution in [0.15, 0.2) is 53.4 Å². The molecule has 0 saturated carbocycles. The van der Waals surface area contributed by atoms with Gasteiger partial charge in [0.05, 0.1) is 18.0 Å². The SMILES string of the molecule is COc1ccc(C(N)c2ccc(S(C)(=O)=O)cc2)cc1. The van der Waals surface area contributed by atoms with Gasteiger partial charge in [-0.1, -0.05) is 24.3 Å². The van der Waals surface area contributed by atoms with Gasteiger partial charge in [0.15, 0.2) is 9.84 Å². The lowest BCUT2D eigenvalue weighted by atomic mass is 10.00. The van der Waals surface area contributed by atoms with Gasteiger partial charge >= 0.3 is 0 Å². The predicted octanol–water partition coefficient (Wildman–Crippen LogP) is 2.15. The highest BCUT2D eigenvalue weighted by atomic mass is 32.2. The highest BCUT2D eigenvalue weighted by Gasteiger charge is 2.11. The molecule has 0 aliphatic carbocycles. The number of methoxy groups -OCH3 is 1. The van der Waals surface area contributed by atoms with Crippen molar-refractivity contribution in [2.24, 2.45) is 5.73 Å². The third-order valence-electron chi connectivity index (χ3n) is 3.14. The molecule has 0 saturated heterocycles. The van der Waals surface area contributed by atoms with Gasteiger partial charge in [-0.15, -0.1) is 0 Å². The standard InChI is InChI=1S/C15H17NO3S/c1-19-13-7-3-11(4-8-13)15(16)12-5-9-14(10-6-12)20(2,17)18/h3-10,15H,16H2,1-2H3. The van der Waals surface area contributed by atoms with Gasteiger partial charge in [0.2, 0.25) is 0 Å². The van der Waals surface area contributed by atoms with E-state index in [1.54, 1.807) is 31.4 Å². The Hall–Kier alpha value is -1.85. The molecule has 0 aliphatic heterocycles. The van der Waals surface area contributed by atoms with E-state index in [-0.39, 0.29) is 6.04 Å². The van der Waals surface area contributed by atoms with E-state index in [2.05, 4.69) is 0 Å². The Bertz CT molecular complexity index is 676. The van der Waals surface area contributed by atoms with E-state index in [0.717, 1.165) is 16.9 Å². The lowest BCUT2D eigenvalue weighted by Gasteiger charge is -2.13. The van der Waals surface area contributed by atoms with E-state index in [0.29, 0.717) is 4.90 Å². The first-order valence-electron chi connectivity index (χ1n) is 6.11. The second kappa shape index (κ2) is 5.64. The maximum Gasteiger partial charge on any atom is 0.175 e. The fourth-order valence-corrected chi connectivity index (χ4v) is 2.56. The van der Waals surface area contributed by atoms with Crippen LogP contribution < -0.4 is 10.5 Å². The van der Waals surface area contributed by atoms with Gasteiger partial charge in [-0.25, -0.2) is 8.42 Å². The van der Waals surface area contributed by atoms with Crippen molar-refractivity contribution >= 4 is 9.84 Å². The molecule has 1 atom stereocenters. The minimum absolute atomic E-state index is 0.295. The zero-order valence-electron chi connectivity index (χ0n) is 11.4. The van der Waals surface area contributed by atoms with Crippen LogP contribution in [0.4, 0.5) is 0 Å². The Labute approximate surface area is 119 Å². The van der Waals surface area contributed by atoms with Crippen molar-refractivity contribution in [3.05, 3.63) is 59.7 Å². The number of sulfone groups is 1. The highest BCUT2D eigenvalue weighted by Crippen LogP contribution is 2.23. The van der Waals surface area contributed by atoms with Crippen molar-refractivity contribution < 1.29 is 13.2 Å². The van der Waals surface area contributed by atoms with Crippen molar-refractivity contribution in [1.82, 2.24) is 0 Å². The quantitative estimate of drug-likeness (QED) is 0.937. The maximum absolute atomic E-state index is 11.4. The Morgan fingerprint density at radius 3 is 1.80 bits per heavy atom. The Kier molecular flexibility index (Phi) is 4.11. The van der Waals surface area contributed by atoms with Gasteiger partial charge in [-0.2, -0.15) is 0 Å². The number of nitrogens with two attached hydrogens (primary N) is 1. The molecular formula is C15H17NO3S. The molecule has 0 heterocycles. The summed E-state index contributed by atoms with van der Waals surface area (Å²) in [5.41, 5.74) is 7.98. The first-order valence-corrected chi connectivity index (χ1v) is 8.00. The molecule has 0 aliphatic rings. The number of hydrogen-bond donors (Lipinski definition) is 1. The Balaban J connectivity index is 2.26. The molecule has 2 aromatic carbocycles. The van der Waals surface area contributed by atoms with Crippen LogP contribution in [0.5, 0.6) is 5.75 Å². The fraction of sp³-hybridized carbons (Fsp3) is 0.200. The summed E-state index contributed by atoms with van der Waals surface area (Å²) in [7, 11) is -1.57. The molecule has 4 nitrogen and oxygen atoms in total. The van der Waals surface area contributed by atoms with Crippen molar-refractivity contribution in [2.45, 2.75) is 10.9 Å². The summed E-state index contributed by atoms with van der Waals surface area (Å²) in [5, 5.41) is 0. The second-order valence-electron chi connectivity index (χ2n) is 4.59. The highest BCUT2D eigenvalue weighted by molar-refractivity contribution is 7.90. The minimum Gasteiger partial charge on any atom is -0.497 e. The topological polar surface area (TPSA) is 69.4 Å². The van der Waals surface area contributed by atoms with Gasteiger partial charge in [0.25, 0.3) is 0 Å². The van der Waals surface area contributed by atoms with Gasteiger partial charge in [0.1, 0.15) is 5.75 Å². The summed E-state index contributed by atoms with van der Waals surface area (Å²) in [6, 6.07) is 13.8. The van der Waals surface area contributed by atoms with Crippen LogP contribution in [0.3, 0.4) is 0 Å². The summed E-state index contributed by atoms with van der Waals surface area (Å²) >= 11 is 0. The number of ether oxygens (including phenoxy) is 1. The summed E-state index contributed by atoms with van der Waals surface area (Å²) in [6.07, 6.45) is 1.19. The predicted molar refractivity (Wildman–Crippen MR) is 78.6 cm³/mol. The molecule has 0 aromatic heterocycles. The first-order chi connectivity index (χ1) is 9.41. The van der Waals surface area contributed by atoms with Crippen LogP contribution in [0.1, 0.15) is 17.2 Å². The van der Waals surface area contributed by atoms with Crippen molar-refractivity contribution in [2.75, 3.05) is 13.4 Å². The summed E-state index contributed by atoms with van der Waals surface area (Å²) < 4.78 is 27.9. The first kappa shape index (κ1) is 14.6. The summed E-state index contributed by atoms with van der Waals surface area (Å²) in [6.45, 7) is 0. The van der Waals surface area contributed by atoms with E-state index in [1.165, 1.54) is 6.26 Å². The molecule has 2 aromatic rings. The van der Waals surface area contributed by atoms with Crippen LogP contribution in [0.25, 0.3) is 0 Å². The second-order valence-corrected chi connectivity index (χ2v) is 6.61. The molecule has 5 heteroatoms. The average Bonchev–Trinajstić information content (AvgIpc) is 2.46. The van der Waals surface area contributed by atoms with Crippen molar-refractivity contribution in [3.63, 3.8) is 0 Å². The molecule has 2 N–H and O–H groups in total. The van der Waals surface area contributed by atoms with Gasteiger partial charge in [0, 0.05) is 6.26 Å². The number of benzene rings is 2. The lowest BCUT2D eigenvalue weighted by Crippen LogP contribution is -2.12. The van der Waals surface area contributed by atoms with Gasteiger partial charge in [-0.05, 0) is 35.4 Å². The molecular weight excluding hydrogens is 274 g/mol. The van der Waals surface area contributed by atoms with E-state index < -0.39 is 9.84 Å². The Morgan fingerprint density at radius 2 is 1.40 bits per heavy atom. The van der Waals surface area contributed by atoms with Crippen molar-refractivity contribution in [1.29, 1.82) is 0 Å². The zero-order valence-corrected chi connectivity index (χ0v) is 12.2. The molecule has 0 spiro atoms. The fourth-order valence-electron chi connectivity index (χ4n) is 1.93. The van der Waals surface area contributed by atoms with Crippen molar-refractivity contribution in [3.8, 4) is 5.75 Å². The van der Waals surface area contributed by atoms with Crippen LogP contribution in [0.2, 0.25) is 0 Å². The summed E-state index contributed by atoms with van der Waals surface area (Å²) in [5.74, 6) is 0.772. The van der Waals surface area contributed by atoms with Crippen LogP contribution in [0, 0.1) is 0 Å². The van der Waals surface area contributed by atoms with Crippen LogP contribution in [-0.2, 0) is 9.84 Å². The Morgan fingerprint density at radius 1 is 0.950 bits per heavy atom. The molecule has 0 fully saturated rings. The monoisotopic (exact) mass is 291 g/mol.